The minimum absolute atomic E-state index is 0.694. The van der Waals surface area contributed by atoms with Crippen molar-refractivity contribution in [3.63, 3.8) is 0 Å². The Labute approximate surface area is 94.9 Å². The van der Waals surface area contributed by atoms with E-state index in [1.54, 1.807) is 18.0 Å². The van der Waals surface area contributed by atoms with Gasteiger partial charge in [-0.1, -0.05) is 5.92 Å². The second-order valence-corrected chi connectivity index (χ2v) is 4.22. The standard InChI is InChI=1S/C11H15N3S/c1-3-5-15-6-4-13-11-9(2)7-10(12)8-14-11/h1,7-8H,4-6,12H2,2H3,(H,13,14). The quantitative estimate of drug-likeness (QED) is 0.587. The fourth-order valence-corrected chi connectivity index (χ4v) is 1.66. The SMILES string of the molecule is C#CCSCCNc1ncc(N)cc1C. The van der Waals surface area contributed by atoms with Crippen molar-refractivity contribution < 1.29 is 0 Å². The van der Waals surface area contributed by atoms with Gasteiger partial charge in [0.2, 0.25) is 0 Å². The van der Waals surface area contributed by atoms with E-state index in [-0.39, 0.29) is 0 Å². The third-order valence-electron chi connectivity index (χ3n) is 1.82. The Morgan fingerprint density at radius 3 is 3.13 bits per heavy atom. The number of hydrogen-bond donors (Lipinski definition) is 2. The maximum Gasteiger partial charge on any atom is 0.129 e. The van der Waals surface area contributed by atoms with Crippen molar-refractivity contribution in [1.82, 2.24) is 4.98 Å². The predicted molar refractivity (Wildman–Crippen MR) is 68.0 cm³/mol. The van der Waals surface area contributed by atoms with Gasteiger partial charge in [0.05, 0.1) is 17.6 Å². The van der Waals surface area contributed by atoms with Crippen LogP contribution in [0.3, 0.4) is 0 Å². The molecule has 4 heteroatoms. The molecule has 1 heterocycles. The van der Waals surface area contributed by atoms with Crippen molar-refractivity contribution in [2.75, 3.05) is 29.1 Å². The largest absolute Gasteiger partial charge is 0.397 e. The molecule has 0 unspecified atom stereocenters. The molecule has 0 bridgehead atoms. The van der Waals surface area contributed by atoms with Crippen LogP contribution >= 0.6 is 11.8 Å². The monoisotopic (exact) mass is 221 g/mol. The zero-order chi connectivity index (χ0) is 11.1. The smallest absolute Gasteiger partial charge is 0.129 e. The molecule has 1 aromatic heterocycles. The number of aromatic nitrogens is 1. The van der Waals surface area contributed by atoms with Crippen LogP contribution in [0.5, 0.6) is 0 Å². The molecule has 0 atom stereocenters. The van der Waals surface area contributed by atoms with Gasteiger partial charge in [0, 0.05) is 12.3 Å². The second kappa shape index (κ2) is 6.20. The topological polar surface area (TPSA) is 50.9 Å². The van der Waals surface area contributed by atoms with E-state index >= 15 is 0 Å². The average Bonchev–Trinajstić information content (AvgIpc) is 2.20. The molecule has 3 N–H and O–H groups in total. The Kier molecular flexibility index (Phi) is 4.85. The molecule has 0 saturated carbocycles. The molecule has 0 amide bonds. The molecule has 0 fully saturated rings. The number of nitrogens with two attached hydrogens (primary N) is 1. The van der Waals surface area contributed by atoms with Gasteiger partial charge in [-0.25, -0.2) is 4.98 Å². The first-order valence-corrected chi connectivity index (χ1v) is 5.86. The number of aryl methyl sites for hydroxylation is 1. The van der Waals surface area contributed by atoms with Gasteiger partial charge in [0.1, 0.15) is 5.82 Å². The highest BCUT2D eigenvalue weighted by molar-refractivity contribution is 7.99. The van der Waals surface area contributed by atoms with Gasteiger partial charge in [0.15, 0.2) is 0 Å². The average molecular weight is 221 g/mol. The van der Waals surface area contributed by atoms with Crippen LogP contribution in [-0.4, -0.2) is 23.0 Å². The Morgan fingerprint density at radius 2 is 2.47 bits per heavy atom. The summed E-state index contributed by atoms with van der Waals surface area (Å²) < 4.78 is 0. The minimum atomic E-state index is 0.694. The van der Waals surface area contributed by atoms with Crippen molar-refractivity contribution in [3.8, 4) is 12.3 Å². The molecule has 0 aliphatic rings. The first-order valence-electron chi connectivity index (χ1n) is 4.71. The lowest BCUT2D eigenvalue weighted by molar-refractivity contribution is 1.15. The van der Waals surface area contributed by atoms with Crippen molar-refractivity contribution in [2.45, 2.75) is 6.92 Å². The molecule has 1 rings (SSSR count). The summed E-state index contributed by atoms with van der Waals surface area (Å²) in [6.45, 7) is 2.85. The van der Waals surface area contributed by atoms with Crippen LogP contribution in [0.4, 0.5) is 11.5 Å². The Hall–Kier alpha value is -1.34. The molecule has 3 nitrogen and oxygen atoms in total. The van der Waals surface area contributed by atoms with Gasteiger partial charge in [0.25, 0.3) is 0 Å². The molecule has 80 valence electrons. The van der Waals surface area contributed by atoms with Gasteiger partial charge in [-0.15, -0.1) is 18.2 Å². The number of pyridine rings is 1. The van der Waals surface area contributed by atoms with Gasteiger partial charge in [-0.3, -0.25) is 0 Å². The zero-order valence-electron chi connectivity index (χ0n) is 8.79. The van der Waals surface area contributed by atoms with Gasteiger partial charge < -0.3 is 11.1 Å². The van der Waals surface area contributed by atoms with Crippen LogP contribution in [0.1, 0.15) is 5.56 Å². The number of terminal acetylenes is 1. The zero-order valence-corrected chi connectivity index (χ0v) is 9.60. The number of hydrogen-bond acceptors (Lipinski definition) is 4. The van der Waals surface area contributed by atoms with Crippen LogP contribution in [0, 0.1) is 19.3 Å². The van der Waals surface area contributed by atoms with Crippen molar-refractivity contribution in [3.05, 3.63) is 17.8 Å². The molecular formula is C11H15N3S. The van der Waals surface area contributed by atoms with Crippen LogP contribution in [0.2, 0.25) is 0 Å². The normalized spacial score (nSPS) is 9.60. The van der Waals surface area contributed by atoms with E-state index < -0.39 is 0 Å². The third-order valence-corrected chi connectivity index (χ3v) is 2.69. The first kappa shape index (κ1) is 11.7. The summed E-state index contributed by atoms with van der Waals surface area (Å²) in [6, 6.07) is 1.91. The van der Waals surface area contributed by atoms with E-state index in [2.05, 4.69) is 16.2 Å². The van der Waals surface area contributed by atoms with E-state index in [1.807, 2.05) is 13.0 Å². The Bertz CT molecular complexity index is 357. The van der Waals surface area contributed by atoms with Crippen molar-refractivity contribution in [2.24, 2.45) is 0 Å². The molecule has 0 aromatic carbocycles. The fourth-order valence-electron chi connectivity index (χ4n) is 1.15. The van der Waals surface area contributed by atoms with Gasteiger partial charge >= 0.3 is 0 Å². The lowest BCUT2D eigenvalue weighted by Crippen LogP contribution is -2.07. The van der Waals surface area contributed by atoms with Crippen LogP contribution in [0.15, 0.2) is 12.3 Å². The van der Waals surface area contributed by atoms with Crippen LogP contribution in [-0.2, 0) is 0 Å². The highest BCUT2D eigenvalue weighted by Gasteiger charge is 1.98. The minimum Gasteiger partial charge on any atom is -0.397 e. The van der Waals surface area contributed by atoms with E-state index in [0.29, 0.717) is 5.69 Å². The van der Waals surface area contributed by atoms with Crippen molar-refractivity contribution >= 4 is 23.3 Å². The number of anilines is 2. The fraction of sp³-hybridized carbons (Fsp3) is 0.364. The molecule has 15 heavy (non-hydrogen) atoms. The number of nitrogens with zero attached hydrogens (tertiary/aromatic N) is 1. The summed E-state index contributed by atoms with van der Waals surface area (Å²) in [5.74, 6) is 5.22. The molecule has 0 aliphatic heterocycles. The van der Waals surface area contributed by atoms with E-state index in [0.717, 1.165) is 29.4 Å². The molecular weight excluding hydrogens is 206 g/mol. The Morgan fingerprint density at radius 1 is 1.67 bits per heavy atom. The summed E-state index contributed by atoms with van der Waals surface area (Å²) in [5, 5.41) is 3.24. The second-order valence-electron chi connectivity index (χ2n) is 3.12. The third kappa shape index (κ3) is 4.13. The molecule has 0 aliphatic carbocycles. The van der Waals surface area contributed by atoms with E-state index in [1.165, 1.54) is 0 Å². The van der Waals surface area contributed by atoms with Gasteiger partial charge in [-0.2, -0.15) is 0 Å². The summed E-state index contributed by atoms with van der Waals surface area (Å²) in [7, 11) is 0. The number of nitrogen functional groups attached to an aromatic ring is 1. The van der Waals surface area contributed by atoms with E-state index in [4.69, 9.17) is 12.2 Å². The summed E-state index contributed by atoms with van der Waals surface area (Å²) in [6.07, 6.45) is 6.80. The van der Waals surface area contributed by atoms with E-state index in [9.17, 15) is 0 Å². The lowest BCUT2D eigenvalue weighted by atomic mass is 10.2. The summed E-state index contributed by atoms with van der Waals surface area (Å²) >= 11 is 1.73. The predicted octanol–water partition coefficient (Wildman–Crippen LogP) is 1.75. The van der Waals surface area contributed by atoms with Crippen molar-refractivity contribution in [1.29, 1.82) is 0 Å². The Balaban J connectivity index is 2.35. The molecule has 0 saturated heterocycles. The maximum absolute atomic E-state index is 5.61. The van der Waals surface area contributed by atoms with Gasteiger partial charge in [-0.05, 0) is 18.6 Å². The highest BCUT2D eigenvalue weighted by Crippen LogP contribution is 2.13. The maximum atomic E-state index is 5.61. The highest BCUT2D eigenvalue weighted by atomic mass is 32.2. The molecule has 0 radical (unpaired) electrons. The van der Waals surface area contributed by atoms with Crippen LogP contribution in [0.25, 0.3) is 0 Å². The lowest BCUT2D eigenvalue weighted by Gasteiger charge is -2.07. The number of rotatable bonds is 5. The summed E-state index contributed by atoms with van der Waals surface area (Å²) in [4.78, 5) is 4.21. The van der Waals surface area contributed by atoms with Crippen LogP contribution < -0.4 is 11.1 Å². The number of nitrogens with one attached hydrogen (secondary N) is 1. The molecule has 1 aromatic rings. The number of thioether (sulfide) groups is 1. The first-order chi connectivity index (χ1) is 7.24. The summed E-state index contributed by atoms with van der Waals surface area (Å²) in [5.41, 5.74) is 7.37. The molecule has 0 spiro atoms.